The summed E-state index contributed by atoms with van der Waals surface area (Å²) in [5.74, 6) is -2.46. The molecule has 2 atom stereocenters. The van der Waals surface area contributed by atoms with Gasteiger partial charge in [0, 0.05) is 35.3 Å². The second-order valence-electron chi connectivity index (χ2n) is 8.87. The maximum Gasteiger partial charge on any atom is 0.228 e. The first-order valence-electron chi connectivity index (χ1n) is 12.3. The lowest BCUT2D eigenvalue weighted by Crippen LogP contribution is -2.35. The van der Waals surface area contributed by atoms with Crippen molar-refractivity contribution >= 4 is 17.2 Å². The van der Waals surface area contributed by atoms with Crippen LogP contribution in [-0.2, 0) is 11.3 Å². The van der Waals surface area contributed by atoms with Crippen LogP contribution in [0.15, 0.2) is 73.1 Å². The summed E-state index contributed by atoms with van der Waals surface area (Å²) in [5.41, 5.74) is 1.20. The predicted octanol–water partition coefficient (Wildman–Crippen LogP) is 4.25. The van der Waals surface area contributed by atoms with Crippen LogP contribution >= 0.6 is 0 Å². The molecule has 1 fully saturated rings. The van der Waals surface area contributed by atoms with Crippen LogP contribution in [0.1, 0.15) is 30.0 Å². The van der Waals surface area contributed by atoms with Crippen molar-refractivity contribution in [3.05, 3.63) is 95.8 Å². The minimum absolute atomic E-state index is 0.0217. The van der Waals surface area contributed by atoms with E-state index in [9.17, 15) is 8.76 Å². The topological polar surface area (TPSA) is 124 Å². The second kappa shape index (κ2) is 12.3. The Morgan fingerprint density at radius 2 is 1.77 bits per heavy atom. The van der Waals surface area contributed by atoms with Gasteiger partial charge in [0.1, 0.15) is 0 Å². The molecule has 3 N–H and O–H groups in total. The number of hydrogen-bond acceptors (Lipinski definition) is 8. The van der Waals surface area contributed by atoms with Gasteiger partial charge in [-0.3, -0.25) is 4.21 Å². The van der Waals surface area contributed by atoms with Crippen molar-refractivity contribution in [2.24, 2.45) is 0 Å². The molecule has 9 nitrogen and oxygen atoms in total. The molecule has 0 bridgehead atoms. The minimum atomic E-state index is -2.73. The highest BCUT2D eigenvalue weighted by atomic mass is 32.2. The van der Waals surface area contributed by atoms with Crippen molar-refractivity contribution in [1.29, 1.82) is 0 Å². The van der Waals surface area contributed by atoms with Crippen LogP contribution in [-0.4, -0.2) is 42.8 Å². The Balaban J connectivity index is 1.42. The van der Waals surface area contributed by atoms with Crippen molar-refractivity contribution in [3.8, 4) is 22.9 Å². The number of nitrogens with zero attached hydrogens (tertiary/aromatic N) is 3. The summed E-state index contributed by atoms with van der Waals surface area (Å²) in [6.45, 7) is 1.82. The quantitative estimate of drug-likeness (QED) is 0.264. The third-order valence-corrected chi connectivity index (χ3v) is 6.74. The molecule has 202 valence electrons. The number of hydrogen-bond donors (Lipinski definition) is 3. The minimum Gasteiger partial charge on any atom is -0.760 e. The monoisotopic (exact) mass is 551 g/mol. The SMILES string of the molecule is O=S([O-])NC(c1ccccc1)c1ccc(Oc2ncccc2-c2ccnc(NC3CCNCC3)n2)c(F)c1F. The Morgan fingerprint density at radius 3 is 2.54 bits per heavy atom. The zero-order chi connectivity index (χ0) is 27.2. The van der Waals surface area contributed by atoms with E-state index in [1.54, 1.807) is 54.7 Å². The van der Waals surface area contributed by atoms with Gasteiger partial charge in [0.25, 0.3) is 0 Å². The van der Waals surface area contributed by atoms with Crippen LogP contribution in [0.25, 0.3) is 11.3 Å². The van der Waals surface area contributed by atoms with Crippen LogP contribution in [0, 0.1) is 11.6 Å². The molecule has 0 saturated carbocycles. The molecular formula is C27H25F2N6O3S-. The second-order valence-corrected chi connectivity index (χ2v) is 9.57. The van der Waals surface area contributed by atoms with Crippen LogP contribution in [0.3, 0.4) is 0 Å². The Kier molecular flexibility index (Phi) is 8.47. The summed E-state index contributed by atoms with van der Waals surface area (Å²) < 4.78 is 61.3. The first-order chi connectivity index (χ1) is 19.0. The predicted molar refractivity (Wildman–Crippen MR) is 142 cm³/mol. The molecule has 0 spiro atoms. The van der Waals surface area contributed by atoms with Crippen LogP contribution in [0.2, 0.25) is 0 Å². The van der Waals surface area contributed by atoms with Gasteiger partial charge >= 0.3 is 0 Å². The molecule has 0 amide bonds. The molecule has 1 saturated heterocycles. The van der Waals surface area contributed by atoms with Gasteiger partial charge in [0.2, 0.25) is 17.6 Å². The number of nitrogens with one attached hydrogen (secondary N) is 3. The molecule has 1 aliphatic rings. The number of benzene rings is 2. The van der Waals surface area contributed by atoms with Gasteiger partial charge in [0.05, 0.1) is 17.3 Å². The molecule has 3 heterocycles. The van der Waals surface area contributed by atoms with Gasteiger partial charge in [-0.2, -0.15) is 4.39 Å². The average Bonchev–Trinajstić information content (AvgIpc) is 2.96. The van der Waals surface area contributed by atoms with Gasteiger partial charge in [-0.1, -0.05) is 36.4 Å². The van der Waals surface area contributed by atoms with Gasteiger partial charge in [-0.05, 0) is 55.8 Å². The molecule has 4 aromatic rings. The van der Waals surface area contributed by atoms with Crippen LogP contribution in [0.4, 0.5) is 14.7 Å². The Hall–Kier alpha value is -3.84. The lowest BCUT2D eigenvalue weighted by Gasteiger charge is -2.23. The van der Waals surface area contributed by atoms with E-state index in [0.29, 0.717) is 22.8 Å². The Bertz CT molecular complexity index is 1460. The number of aromatic nitrogens is 3. The largest absolute Gasteiger partial charge is 0.760 e. The summed E-state index contributed by atoms with van der Waals surface area (Å²) in [6, 6.07) is 15.0. The molecule has 2 aromatic carbocycles. The van der Waals surface area contributed by atoms with Crippen LogP contribution < -0.4 is 20.1 Å². The number of pyridine rings is 1. The van der Waals surface area contributed by atoms with E-state index in [-0.39, 0.29) is 17.5 Å². The zero-order valence-corrected chi connectivity index (χ0v) is 21.5. The van der Waals surface area contributed by atoms with Crippen LogP contribution in [0.5, 0.6) is 11.6 Å². The molecule has 0 aliphatic carbocycles. The van der Waals surface area contributed by atoms with Gasteiger partial charge in [-0.15, -0.1) is 0 Å². The average molecular weight is 552 g/mol. The first kappa shape index (κ1) is 26.8. The van der Waals surface area contributed by atoms with Gasteiger partial charge < -0.3 is 19.9 Å². The lowest BCUT2D eigenvalue weighted by molar-refractivity contribution is 0.402. The van der Waals surface area contributed by atoms with E-state index in [2.05, 4.69) is 30.3 Å². The van der Waals surface area contributed by atoms with Gasteiger partial charge in [-0.25, -0.2) is 24.1 Å². The molecule has 39 heavy (non-hydrogen) atoms. The van der Waals surface area contributed by atoms with E-state index in [0.717, 1.165) is 25.9 Å². The molecule has 2 unspecified atom stereocenters. The summed E-state index contributed by atoms with van der Waals surface area (Å²) in [5, 5.41) is 6.65. The molecule has 0 radical (unpaired) electrons. The van der Waals surface area contributed by atoms with E-state index >= 15 is 8.78 Å². The van der Waals surface area contributed by atoms with Crippen molar-refractivity contribution in [3.63, 3.8) is 0 Å². The van der Waals surface area contributed by atoms with E-state index < -0.39 is 34.7 Å². The summed E-state index contributed by atoms with van der Waals surface area (Å²) in [7, 11) is 0. The smallest absolute Gasteiger partial charge is 0.228 e. The fourth-order valence-electron chi connectivity index (χ4n) is 4.40. The van der Waals surface area contributed by atoms with E-state index in [1.807, 2.05) is 0 Å². The van der Waals surface area contributed by atoms with Crippen molar-refractivity contribution in [2.75, 3.05) is 18.4 Å². The number of halogens is 2. The van der Waals surface area contributed by atoms with Crippen molar-refractivity contribution in [2.45, 2.75) is 24.9 Å². The third-order valence-electron chi connectivity index (χ3n) is 6.32. The first-order valence-corrected chi connectivity index (χ1v) is 13.4. The van der Waals surface area contributed by atoms with E-state index in [4.69, 9.17) is 4.74 Å². The zero-order valence-electron chi connectivity index (χ0n) is 20.6. The summed E-state index contributed by atoms with van der Waals surface area (Å²) in [6.07, 6.45) is 4.96. The maximum absolute atomic E-state index is 15.3. The highest BCUT2D eigenvalue weighted by molar-refractivity contribution is 7.77. The summed E-state index contributed by atoms with van der Waals surface area (Å²) >= 11 is -2.73. The molecule has 1 aliphatic heterocycles. The Labute approximate surface area is 226 Å². The highest BCUT2D eigenvalue weighted by Crippen LogP contribution is 2.35. The van der Waals surface area contributed by atoms with Crippen molar-refractivity contribution < 1.29 is 22.3 Å². The Morgan fingerprint density at radius 1 is 0.974 bits per heavy atom. The van der Waals surface area contributed by atoms with Gasteiger partial charge in [0.15, 0.2) is 11.6 Å². The number of piperidine rings is 1. The fourth-order valence-corrected chi connectivity index (χ4v) is 4.86. The fraction of sp³-hybridized carbons (Fsp3) is 0.222. The molecular weight excluding hydrogens is 526 g/mol. The maximum atomic E-state index is 15.3. The van der Waals surface area contributed by atoms with E-state index in [1.165, 1.54) is 18.3 Å². The highest BCUT2D eigenvalue weighted by Gasteiger charge is 2.24. The normalized spacial score (nSPS) is 15.5. The number of ether oxygens (including phenoxy) is 1. The third kappa shape index (κ3) is 6.42. The lowest BCUT2D eigenvalue weighted by atomic mass is 9.99. The summed E-state index contributed by atoms with van der Waals surface area (Å²) in [4.78, 5) is 13.1. The molecule has 12 heteroatoms. The molecule has 2 aromatic heterocycles. The number of rotatable bonds is 9. The number of anilines is 1. The van der Waals surface area contributed by atoms with Crippen molar-refractivity contribution in [1.82, 2.24) is 25.0 Å². The molecule has 5 rings (SSSR count). The standard InChI is InChI=1S/C27H26F2N6O3S/c28-23-20(25(35-39(36)37)17-5-2-1-3-6-17)8-9-22(24(23)29)38-26-19(7-4-13-31-26)21-12-16-32-27(34-21)33-18-10-14-30-15-11-18/h1-9,12-13,16,18,25,30,35H,10-11,14-15H2,(H,36,37)(H,32,33,34)/p-1.